The van der Waals surface area contributed by atoms with E-state index in [-0.39, 0.29) is 5.78 Å². The summed E-state index contributed by atoms with van der Waals surface area (Å²) in [6, 6.07) is 10.8. The SMILES string of the molecule is Cc1cccc(C(=O)c2[nH]c3cc(Cl)ccc3c2Cc2nn[nH]n2)n1. The van der Waals surface area contributed by atoms with E-state index in [1.807, 2.05) is 25.1 Å². The molecule has 0 aliphatic rings. The Morgan fingerprint density at radius 3 is 2.88 bits per heavy atom. The summed E-state index contributed by atoms with van der Waals surface area (Å²) in [5, 5.41) is 15.5. The highest BCUT2D eigenvalue weighted by atomic mass is 35.5. The number of pyridine rings is 1. The minimum absolute atomic E-state index is 0.186. The van der Waals surface area contributed by atoms with E-state index in [1.165, 1.54) is 0 Å². The molecule has 3 aromatic heterocycles. The average molecular weight is 353 g/mol. The molecule has 4 aromatic rings. The van der Waals surface area contributed by atoms with Crippen molar-refractivity contribution >= 4 is 28.3 Å². The van der Waals surface area contributed by atoms with Crippen LogP contribution in [-0.4, -0.2) is 36.4 Å². The third-order valence-electron chi connectivity index (χ3n) is 3.94. The number of aryl methyl sites for hydroxylation is 1. The molecule has 2 N–H and O–H groups in total. The van der Waals surface area contributed by atoms with Crippen LogP contribution in [0.4, 0.5) is 0 Å². The van der Waals surface area contributed by atoms with E-state index >= 15 is 0 Å². The topological polar surface area (TPSA) is 100 Å². The number of nitrogens with zero attached hydrogens (tertiary/aromatic N) is 4. The van der Waals surface area contributed by atoms with Crippen molar-refractivity contribution in [3.63, 3.8) is 0 Å². The molecule has 0 unspecified atom stereocenters. The summed E-state index contributed by atoms with van der Waals surface area (Å²) in [7, 11) is 0. The maximum Gasteiger partial charge on any atom is 0.227 e. The van der Waals surface area contributed by atoms with E-state index in [9.17, 15) is 4.79 Å². The summed E-state index contributed by atoms with van der Waals surface area (Å²) >= 11 is 6.08. The molecule has 1 aromatic carbocycles. The van der Waals surface area contributed by atoms with Gasteiger partial charge in [-0.15, -0.1) is 10.2 Å². The molecule has 0 radical (unpaired) electrons. The van der Waals surface area contributed by atoms with Gasteiger partial charge in [0.05, 0.1) is 5.69 Å². The molecular formula is C17H13ClN6O. The van der Waals surface area contributed by atoms with E-state index in [4.69, 9.17) is 11.6 Å². The van der Waals surface area contributed by atoms with Crippen LogP contribution < -0.4 is 0 Å². The molecule has 8 heteroatoms. The lowest BCUT2D eigenvalue weighted by molar-refractivity contribution is 0.102. The summed E-state index contributed by atoms with van der Waals surface area (Å²) in [5.74, 6) is 0.316. The van der Waals surface area contributed by atoms with Crippen molar-refractivity contribution in [3.05, 3.63) is 69.9 Å². The number of carbonyl (C=O) groups is 1. The van der Waals surface area contributed by atoms with Gasteiger partial charge in [-0.3, -0.25) is 4.79 Å². The van der Waals surface area contributed by atoms with Gasteiger partial charge in [-0.1, -0.05) is 28.9 Å². The molecule has 0 bridgehead atoms. The van der Waals surface area contributed by atoms with Crippen LogP contribution >= 0.6 is 11.6 Å². The van der Waals surface area contributed by atoms with E-state index in [2.05, 4.69) is 30.6 Å². The van der Waals surface area contributed by atoms with Gasteiger partial charge in [0, 0.05) is 28.0 Å². The fourth-order valence-electron chi connectivity index (χ4n) is 2.82. The number of fused-ring (bicyclic) bond motifs is 1. The largest absolute Gasteiger partial charge is 0.351 e. The Morgan fingerprint density at radius 1 is 1.24 bits per heavy atom. The van der Waals surface area contributed by atoms with Crippen molar-refractivity contribution in [2.45, 2.75) is 13.3 Å². The second kappa shape index (κ2) is 6.10. The van der Waals surface area contributed by atoms with Crippen LogP contribution in [-0.2, 0) is 6.42 Å². The van der Waals surface area contributed by atoms with E-state index in [1.54, 1.807) is 18.2 Å². The summed E-state index contributed by atoms with van der Waals surface area (Å²) in [4.78, 5) is 20.5. The van der Waals surface area contributed by atoms with Crippen LogP contribution in [0.3, 0.4) is 0 Å². The average Bonchev–Trinajstić information content (AvgIpc) is 3.22. The van der Waals surface area contributed by atoms with Crippen LogP contribution in [0.1, 0.15) is 33.3 Å². The van der Waals surface area contributed by atoms with E-state index in [0.29, 0.717) is 28.7 Å². The highest BCUT2D eigenvalue weighted by molar-refractivity contribution is 6.31. The number of aromatic amines is 2. The second-order valence-corrected chi connectivity index (χ2v) is 6.10. The molecule has 0 fully saturated rings. The van der Waals surface area contributed by atoms with Crippen molar-refractivity contribution in [2.75, 3.05) is 0 Å². The highest BCUT2D eigenvalue weighted by Crippen LogP contribution is 2.28. The van der Waals surface area contributed by atoms with Crippen molar-refractivity contribution < 1.29 is 4.79 Å². The molecule has 124 valence electrons. The standard InChI is InChI=1S/C17H13ClN6O/c1-9-3-2-4-13(19-9)17(25)16-12(8-15-21-23-24-22-15)11-6-5-10(18)7-14(11)20-16/h2-7,20H,8H2,1H3,(H,21,22,23,24). The summed E-state index contributed by atoms with van der Waals surface area (Å²) in [6.07, 6.45) is 0.366. The van der Waals surface area contributed by atoms with Crippen LogP contribution in [0.25, 0.3) is 10.9 Å². The first-order valence-corrected chi connectivity index (χ1v) is 8.00. The van der Waals surface area contributed by atoms with Gasteiger partial charge in [0.1, 0.15) is 5.69 Å². The number of aromatic nitrogens is 6. The fraction of sp³-hybridized carbons (Fsp3) is 0.118. The smallest absolute Gasteiger partial charge is 0.227 e. The zero-order valence-corrected chi connectivity index (χ0v) is 14.0. The Balaban J connectivity index is 1.88. The Hall–Kier alpha value is -3.06. The fourth-order valence-corrected chi connectivity index (χ4v) is 2.99. The maximum atomic E-state index is 13.0. The number of hydrogen-bond acceptors (Lipinski definition) is 5. The van der Waals surface area contributed by atoms with Crippen LogP contribution in [0, 0.1) is 6.92 Å². The van der Waals surface area contributed by atoms with Gasteiger partial charge in [-0.05, 0) is 36.8 Å². The van der Waals surface area contributed by atoms with Crippen LogP contribution in [0.15, 0.2) is 36.4 Å². The minimum atomic E-state index is -0.186. The number of tetrazole rings is 1. The molecule has 0 saturated carbocycles. The minimum Gasteiger partial charge on any atom is -0.351 e. The molecule has 0 saturated heterocycles. The van der Waals surface area contributed by atoms with Gasteiger partial charge in [-0.2, -0.15) is 5.21 Å². The van der Waals surface area contributed by atoms with Crippen molar-refractivity contribution in [3.8, 4) is 0 Å². The van der Waals surface area contributed by atoms with Gasteiger partial charge in [0.15, 0.2) is 5.82 Å². The number of halogens is 1. The molecule has 0 aliphatic carbocycles. The lowest BCUT2D eigenvalue weighted by Gasteiger charge is -2.03. The van der Waals surface area contributed by atoms with Gasteiger partial charge in [0.25, 0.3) is 0 Å². The molecule has 7 nitrogen and oxygen atoms in total. The first-order chi connectivity index (χ1) is 12.1. The molecule has 0 spiro atoms. The van der Waals surface area contributed by atoms with Gasteiger partial charge in [-0.25, -0.2) is 4.98 Å². The van der Waals surface area contributed by atoms with Crippen LogP contribution in [0.2, 0.25) is 5.02 Å². The quantitative estimate of drug-likeness (QED) is 0.550. The van der Waals surface area contributed by atoms with Crippen molar-refractivity contribution in [1.82, 2.24) is 30.6 Å². The lowest BCUT2D eigenvalue weighted by Crippen LogP contribution is -2.08. The predicted octanol–water partition coefficient (Wildman–Crippen LogP) is 2.86. The normalized spacial score (nSPS) is 11.1. The zero-order valence-electron chi connectivity index (χ0n) is 13.2. The molecular weight excluding hydrogens is 340 g/mol. The monoisotopic (exact) mass is 352 g/mol. The van der Waals surface area contributed by atoms with Crippen LogP contribution in [0.5, 0.6) is 0 Å². The second-order valence-electron chi connectivity index (χ2n) is 5.67. The first kappa shape index (κ1) is 15.5. The summed E-state index contributed by atoms with van der Waals surface area (Å²) in [6.45, 7) is 1.85. The third-order valence-corrected chi connectivity index (χ3v) is 4.18. The predicted molar refractivity (Wildman–Crippen MR) is 92.7 cm³/mol. The Morgan fingerprint density at radius 2 is 2.12 bits per heavy atom. The number of benzene rings is 1. The zero-order chi connectivity index (χ0) is 17.4. The molecule has 4 rings (SSSR count). The number of nitrogens with one attached hydrogen (secondary N) is 2. The number of ketones is 1. The molecule has 3 heterocycles. The van der Waals surface area contributed by atoms with Crippen molar-refractivity contribution in [1.29, 1.82) is 0 Å². The summed E-state index contributed by atoms with van der Waals surface area (Å²) < 4.78 is 0. The van der Waals surface area contributed by atoms with E-state index < -0.39 is 0 Å². The van der Waals surface area contributed by atoms with Gasteiger partial charge in [0.2, 0.25) is 5.78 Å². The molecule has 0 atom stereocenters. The highest BCUT2D eigenvalue weighted by Gasteiger charge is 2.21. The van der Waals surface area contributed by atoms with E-state index in [0.717, 1.165) is 22.2 Å². The van der Waals surface area contributed by atoms with Crippen molar-refractivity contribution in [2.24, 2.45) is 0 Å². The molecule has 25 heavy (non-hydrogen) atoms. The Kier molecular flexibility index (Phi) is 3.77. The van der Waals surface area contributed by atoms with Gasteiger partial charge >= 0.3 is 0 Å². The number of H-pyrrole nitrogens is 2. The summed E-state index contributed by atoms with van der Waals surface area (Å²) in [5.41, 5.74) is 3.19. The molecule has 0 amide bonds. The Labute approximate surface area is 147 Å². The Bertz CT molecular complexity index is 1070. The number of rotatable bonds is 4. The lowest BCUT2D eigenvalue weighted by atomic mass is 10.0. The maximum absolute atomic E-state index is 13.0. The number of carbonyl (C=O) groups excluding carboxylic acids is 1. The third kappa shape index (κ3) is 2.89. The number of hydrogen-bond donors (Lipinski definition) is 2. The first-order valence-electron chi connectivity index (χ1n) is 7.62. The molecule has 0 aliphatic heterocycles. The van der Waals surface area contributed by atoms with Gasteiger partial charge < -0.3 is 4.98 Å².